The Kier molecular flexibility index (Phi) is 9.31. The number of aliphatic hydroxyl groups is 1. The largest absolute Gasteiger partial charge is 0.494 e. The first-order chi connectivity index (χ1) is 17.5. The zero-order valence-electron chi connectivity index (χ0n) is 20.2. The normalized spacial score (nSPS) is 16.1. The second-order valence-electron chi connectivity index (χ2n) is 8.93. The van der Waals surface area contributed by atoms with Crippen LogP contribution in [0.15, 0.2) is 36.4 Å². The van der Waals surface area contributed by atoms with Crippen LogP contribution in [-0.4, -0.2) is 74.4 Å². The molecule has 2 N–H and O–H groups in total. The van der Waals surface area contributed by atoms with Crippen LogP contribution in [0.25, 0.3) is 0 Å². The van der Waals surface area contributed by atoms with Crippen LogP contribution in [0.5, 0.6) is 5.75 Å². The number of imide groups is 1. The zero-order chi connectivity index (χ0) is 25.5. The molecule has 194 valence electrons. The van der Waals surface area contributed by atoms with E-state index in [1.54, 1.807) is 12.1 Å². The highest BCUT2D eigenvalue weighted by Gasteiger charge is 2.29. The molecule has 1 fully saturated rings. The summed E-state index contributed by atoms with van der Waals surface area (Å²) in [5.41, 5.74) is 2.48. The predicted octanol–water partition coefficient (Wildman–Crippen LogP) is 3.96. The minimum Gasteiger partial charge on any atom is -0.494 e. The van der Waals surface area contributed by atoms with Gasteiger partial charge < -0.3 is 20.1 Å². The highest BCUT2D eigenvalue weighted by atomic mass is 35.5. The van der Waals surface area contributed by atoms with E-state index in [0.717, 1.165) is 61.7 Å². The van der Waals surface area contributed by atoms with E-state index < -0.39 is 6.03 Å². The third kappa shape index (κ3) is 6.42. The number of amides is 3. The van der Waals surface area contributed by atoms with Gasteiger partial charge in [0.2, 0.25) is 5.91 Å². The molecule has 2 aromatic carbocycles. The Morgan fingerprint density at radius 1 is 1.03 bits per heavy atom. The first-order valence-electron chi connectivity index (χ1n) is 12.4. The summed E-state index contributed by atoms with van der Waals surface area (Å²) in [5.74, 6) is 0.378. The zero-order valence-corrected chi connectivity index (χ0v) is 21.7. The average Bonchev–Trinajstić information content (AvgIpc) is 2.89. The molecule has 8 nitrogen and oxygen atoms in total. The van der Waals surface area contributed by atoms with Crippen LogP contribution in [0.1, 0.15) is 24.8 Å². The van der Waals surface area contributed by atoms with Gasteiger partial charge in [0.15, 0.2) is 0 Å². The molecule has 0 saturated carbocycles. The molecule has 10 heteroatoms. The predicted molar refractivity (Wildman–Crippen MR) is 143 cm³/mol. The number of nitrogens with zero attached hydrogens (tertiary/aromatic N) is 3. The third-order valence-corrected chi connectivity index (χ3v) is 7.34. The molecule has 0 unspecified atom stereocenters. The van der Waals surface area contributed by atoms with Crippen molar-refractivity contribution in [1.82, 2.24) is 10.2 Å². The molecule has 3 amide bonds. The van der Waals surface area contributed by atoms with Gasteiger partial charge in [-0.05, 0) is 49.6 Å². The van der Waals surface area contributed by atoms with Crippen molar-refractivity contribution in [2.24, 2.45) is 0 Å². The summed E-state index contributed by atoms with van der Waals surface area (Å²) in [6.45, 7) is 5.22. The van der Waals surface area contributed by atoms with Crippen molar-refractivity contribution in [3.05, 3.63) is 52.0 Å². The summed E-state index contributed by atoms with van der Waals surface area (Å²) < 4.78 is 5.94. The number of unbranched alkanes of at least 4 members (excludes halogenated alkanes) is 1. The van der Waals surface area contributed by atoms with Crippen molar-refractivity contribution in [3.63, 3.8) is 0 Å². The lowest BCUT2D eigenvalue weighted by molar-refractivity contribution is -0.118. The van der Waals surface area contributed by atoms with Gasteiger partial charge in [-0.2, -0.15) is 0 Å². The number of carbonyl (C=O) groups excluding carboxylic acids is 2. The van der Waals surface area contributed by atoms with Gasteiger partial charge in [-0.25, -0.2) is 9.69 Å². The number of aliphatic hydroxyl groups excluding tert-OH is 1. The summed E-state index contributed by atoms with van der Waals surface area (Å²) >= 11 is 12.5. The molecule has 0 spiro atoms. The summed E-state index contributed by atoms with van der Waals surface area (Å²) in [6.07, 6.45) is 2.78. The Bertz CT molecular complexity index is 1080. The summed E-state index contributed by atoms with van der Waals surface area (Å²) in [6, 6.07) is 10.8. The number of anilines is 2. The van der Waals surface area contributed by atoms with E-state index in [1.165, 1.54) is 0 Å². The van der Waals surface area contributed by atoms with Gasteiger partial charge >= 0.3 is 6.03 Å². The fourth-order valence-electron chi connectivity index (χ4n) is 4.58. The molecule has 2 aliphatic rings. The number of carbonyl (C=O) groups is 2. The summed E-state index contributed by atoms with van der Waals surface area (Å²) in [4.78, 5) is 30.7. The summed E-state index contributed by atoms with van der Waals surface area (Å²) in [7, 11) is 0. The molecule has 36 heavy (non-hydrogen) atoms. The molecule has 0 aromatic heterocycles. The minimum atomic E-state index is -0.523. The fraction of sp³-hybridized carbons (Fsp3) is 0.462. The van der Waals surface area contributed by atoms with E-state index in [0.29, 0.717) is 34.5 Å². The van der Waals surface area contributed by atoms with E-state index in [-0.39, 0.29) is 25.5 Å². The number of benzene rings is 2. The maximum Gasteiger partial charge on any atom is 0.328 e. The molecular weight excluding hydrogens is 503 g/mol. The van der Waals surface area contributed by atoms with E-state index in [2.05, 4.69) is 15.1 Å². The van der Waals surface area contributed by atoms with Crippen molar-refractivity contribution < 1.29 is 19.4 Å². The molecular formula is C26H32Cl2N4O4. The lowest BCUT2D eigenvalue weighted by Crippen LogP contribution is -2.47. The van der Waals surface area contributed by atoms with Crippen molar-refractivity contribution in [2.45, 2.75) is 25.7 Å². The number of piperazine rings is 1. The Hall–Kier alpha value is -2.52. The third-order valence-electron chi connectivity index (χ3n) is 6.53. The van der Waals surface area contributed by atoms with Crippen molar-refractivity contribution >= 4 is 46.5 Å². The smallest absolute Gasteiger partial charge is 0.328 e. The van der Waals surface area contributed by atoms with Crippen molar-refractivity contribution in [3.8, 4) is 5.75 Å². The molecule has 0 atom stereocenters. The Morgan fingerprint density at radius 3 is 2.61 bits per heavy atom. The van der Waals surface area contributed by atoms with Gasteiger partial charge in [0.25, 0.3) is 0 Å². The number of aryl methyl sites for hydroxylation is 1. The fourth-order valence-corrected chi connectivity index (χ4v) is 5.00. The quantitative estimate of drug-likeness (QED) is 0.473. The van der Waals surface area contributed by atoms with E-state index in [1.807, 2.05) is 24.3 Å². The molecule has 0 aliphatic carbocycles. The standard InChI is InChI=1S/C26H32Cl2N4O4/c27-21-4-3-5-22(25(21)28)31-14-12-30(13-15-31)11-1-2-17-36-20-8-6-19-7-9-24(34)32(23(19)18-20)26(35)29-10-16-33/h3-6,8,18,33H,1-2,7,9-17H2,(H,29,35). The minimum absolute atomic E-state index is 0.0948. The molecule has 1 saturated heterocycles. The first kappa shape index (κ1) is 26.5. The van der Waals surface area contributed by atoms with Crippen LogP contribution in [-0.2, 0) is 11.2 Å². The number of ether oxygens (including phenoxy) is 1. The Balaban J connectivity index is 1.21. The molecule has 0 radical (unpaired) electrons. The molecule has 4 rings (SSSR count). The number of fused-ring (bicyclic) bond motifs is 1. The maximum atomic E-state index is 12.4. The van der Waals surface area contributed by atoms with Gasteiger partial charge in [0, 0.05) is 45.2 Å². The molecule has 2 aliphatic heterocycles. The van der Waals surface area contributed by atoms with Gasteiger partial charge in [-0.15, -0.1) is 0 Å². The van der Waals surface area contributed by atoms with Crippen LogP contribution in [0, 0.1) is 0 Å². The SMILES string of the molecule is O=C1CCc2ccc(OCCCCN3CCN(c4cccc(Cl)c4Cl)CC3)cc2N1C(=O)NCCO. The van der Waals surface area contributed by atoms with Crippen LogP contribution in [0.4, 0.5) is 16.2 Å². The number of nitrogens with one attached hydrogen (secondary N) is 1. The van der Waals surface area contributed by atoms with E-state index >= 15 is 0 Å². The lowest BCUT2D eigenvalue weighted by Gasteiger charge is -2.36. The topological polar surface area (TPSA) is 85.4 Å². The van der Waals surface area contributed by atoms with E-state index in [9.17, 15) is 9.59 Å². The van der Waals surface area contributed by atoms with Crippen LogP contribution >= 0.6 is 23.2 Å². The number of hydrogen-bond donors (Lipinski definition) is 2. The number of hydrogen-bond acceptors (Lipinski definition) is 6. The van der Waals surface area contributed by atoms with Gasteiger partial charge in [0.05, 0.1) is 34.6 Å². The first-order valence-corrected chi connectivity index (χ1v) is 13.1. The number of rotatable bonds is 9. The van der Waals surface area contributed by atoms with Crippen LogP contribution in [0.3, 0.4) is 0 Å². The monoisotopic (exact) mass is 534 g/mol. The second kappa shape index (κ2) is 12.6. The van der Waals surface area contributed by atoms with Crippen LogP contribution in [0.2, 0.25) is 10.0 Å². The van der Waals surface area contributed by atoms with E-state index in [4.69, 9.17) is 33.0 Å². The lowest BCUT2D eigenvalue weighted by atomic mass is 10.0. The van der Waals surface area contributed by atoms with Crippen molar-refractivity contribution in [2.75, 3.05) is 62.3 Å². The van der Waals surface area contributed by atoms with Gasteiger partial charge in [0.1, 0.15) is 5.75 Å². The maximum absolute atomic E-state index is 12.4. The molecule has 2 aromatic rings. The highest BCUT2D eigenvalue weighted by molar-refractivity contribution is 6.43. The van der Waals surface area contributed by atoms with Crippen molar-refractivity contribution in [1.29, 1.82) is 0 Å². The van der Waals surface area contributed by atoms with Gasteiger partial charge in [-0.3, -0.25) is 9.69 Å². The Morgan fingerprint density at radius 2 is 1.83 bits per heavy atom. The van der Waals surface area contributed by atoms with Crippen LogP contribution < -0.4 is 19.9 Å². The summed E-state index contributed by atoms with van der Waals surface area (Å²) in [5, 5.41) is 12.7. The average molecular weight is 535 g/mol. The number of halogens is 2. The molecule has 0 bridgehead atoms. The Labute approximate surface area is 221 Å². The second-order valence-corrected chi connectivity index (χ2v) is 9.72. The number of urea groups is 1. The van der Waals surface area contributed by atoms with Gasteiger partial charge in [-0.1, -0.05) is 35.3 Å². The highest BCUT2D eigenvalue weighted by Crippen LogP contribution is 2.33. The molecule has 2 heterocycles.